The van der Waals surface area contributed by atoms with E-state index < -0.39 is 11.5 Å². The molecule has 1 heterocycles. The van der Waals surface area contributed by atoms with Gasteiger partial charge >= 0.3 is 5.97 Å². The van der Waals surface area contributed by atoms with E-state index in [2.05, 4.69) is 36.3 Å². The van der Waals surface area contributed by atoms with Crippen molar-refractivity contribution in [3.63, 3.8) is 0 Å². The monoisotopic (exact) mass is 673 g/mol. The highest BCUT2D eigenvalue weighted by Gasteiger charge is 2.54. The van der Waals surface area contributed by atoms with E-state index in [1.165, 1.54) is 28.8 Å². The molecule has 3 atom stereocenters. The molecule has 0 unspecified atom stereocenters. The Kier molecular flexibility index (Phi) is 10.2. The summed E-state index contributed by atoms with van der Waals surface area (Å²) in [6, 6.07) is 15.7. The molecule has 3 aliphatic carbocycles. The largest absolute Gasteiger partial charge is 0.494 e. The van der Waals surface area contributed by atoms with Gasteiger partial charge in [0.25, 0.3) is 0 Å². The van der Waals surface area contributed by atoms with Gasteiger partial charge in [-0.05, 0) is 135 Å². The first-order valence-electron chi connectivity index (χ1n) is 17.5. The fraction of sp³-hybridized carbons (Fsp3) is 0.513. The smallest absolute Gasteiger partial charge is 0.329 e. The molecule has 256 valence electrons. The lowest BCUT2D eigenvalue weighted by Crippen LogP contribution is -2.53. The number of benzene rings is 2. The maximum absolute atomic E-state index is 12.9. The number of nitrogens with zero attached hydrogens (tertiary/aromatic N) is 1. The summed E-state index contributed by atoms with van der Waals surface area (Å²) >= 11 is 6.26. The van der Waals surface area contributed by atoms with E-state index in [1.807, 2.05) is 30.5 Å². The lowest BCUT2D eigenvalue weighted by molar-refractivity contribution is -0.144. The number of aromatic nitrogens is 1. The first-order valence-corrected chi connectivity index (χ1v) is 17.9. The number of carboxylic acid groups (broad SMARTS) is 1. The molecule has 1 spiro atoms. The number of anilines is 1. The van der Waals surface area contributed by atoms with E-state index in [4.69, 9.17) is 26.8 Å². The van der Waals surface area contributed by atoms with Crippen LogP contribution in [-0.4, -0.2) is 40.7 Å². The van der Waals surface area contributed by atoms with Crippen molar-refractivity contribution in [3.05, 3.63) is 82.1 Å². The van der Waals surface area contributed by atoms with E-state index in [0.29, 0.717) is 60.9 Å². The minimum Gasteiger partial charge on any atom is -0.494 e. The molecular formula is C39H48ClN3O5. The maximum Gasteiger partial charge on any atom is 0.329 e. The molecule has 2 aromatic carbocycles. The van der Waals surface area contributed by atoms with Gasteiger partial charge in [-0.3, -0.25) is 9.78 Å². The quantitative estimate of drug-likeness (QED) is 0.158. The topological polar surface area (TPSA) is 124 Å². The van der Waals surface area contributed by atoms with Gasteiger partial charge in [0.2, 0.25) is 5.91 Å². The molecule has 6 rings (SSSR count). The summed E-state index contributed by atoms with van der Waals surface area (Å²) in [6.07, 6.45) is 10.4. The number of hydrogen-bond donors (Lipinski definition) is 3. The zero-order valence-electron chi connectivity index (χ0n) is 28.1. The summed E-state index contributed by atoms with van der Waals surface area (Å²) in [5.41, 5.74) is 9.79. The van der Waals surface area contributed by atoms with E-state index in [-0.39, 0.29) is 17.7 Å². The number of pyridine rings is 1. The molecule has 9 heteroatoms. The number of carbonyl (C=O) groups is 2. The average Bonchev–Trinajstić information content (AvgIpc) is 3.34. The Hall–Kier alpha value is -3.78. The Balaban J connectivity index is 1.22. The highest BCUT2D eigenvalue weighted by Crippen LogP contribution is 2.56. The molecule has 0 saturated heterocycles. The molecule has 4 N–H and O–H groups in total. The normalized spacial score (nSPS) is 25.1. The number of nitrogens with one attached hydrogen (secondary N) is 1. The van der Waals surface area contributed by atoms with Crippen molar-refractivity contribution >= 4 is 29.2 Å². The zero-order chi connectivity index (χ0) is 33.9. The number of hydrogen-bond acceptors (Lipinski definition) is 6. The average molecular weight is 674 g/mol. The fourth-order valence-electron chi connectivity index (χ4n) is 8.60. The third-order valence-corrected chi connectivity index (χ3v) is 11.3. The van der Waals surface area contributed by atoms with Crippen LogP contribution >= 0.6 is 11.6 Å². The third-order valence-electron chi connectivity index (χ3n) is 11.1. The Morgan fingerprint density at radius 1 is 1.12 bits per heavy atom. The van der Waals surface area contributed by atoms with E-state index in [0.717, 1.165) is 50.0 Å². The zero-order valence-corrected chi connectivity index (χ0v) is 28.9. The molecule has 0 radical (unpaired) electrons. The van der Waals surface area contributed by atoms with Crippen LogP contribution in [0, 0.1) is 11.8 Å². The Labute approximate surface area is 288 Å². The Morgan fingerprint density at radius 2 is 1.94 bits per heavy atom. The second-order valence-corrected chi connectivity index (χ2v) is 14.9. The molecule has 3 aromatic rings. The predicted molar refractivity (Wildman–Crippen MR) is 188 cm³/mol. The molecule has 3 aliphatic rings. The summed E-state index contributed by atoms with van der Waals surface area (Å²) in [7, 11) is 0. The molecule has 1 fully saturated rings. The predicted octanol–water partition coefficient (Wildman–Crippen LogP) is 7.84. The van der Waals surface area contributed by atoms with Crippen molar-refractivity contribution in [2.24, 2.45) is 17.6 Å². The molecular weight excluding hydrogens is 626 g/mol. The van der Waals surface area contributed by atoms with Crippen molar-refractivity contribution < 1.29 is 24.2 Å². The maximum atomic E-state index is 12.9. The summed E-state index contributed by atoms with van der Waals surface area (Å²) in [6.45, 7) is 5.57. The van der Waals surface area contributed by atoms with Crippen molar-refractivity contribution in [3.8, 4) is 11.5 Å². The van der Waals surface area contributed by atoms with E-state index >= 15 is 0 Å². The van der Waals surface area contributed by atoms with Crippen LogP contribution in [0.3, 0.4) is 0 Å². The van der Waals surface area contributed by atoms with Crippen LogP contribution in [-0.2, 0) is 27.8 Å². The lowest BCUT2D eigenvalue weighted by Gasteiger charge is -2.47. The number of carbonyl (C=O) groups excluding carboxylic acids is 1. The van der Waals surface area contributed by atoms with Crippen LogP contribution < -0.4 is 20.5 Å². The minimum atomic E-state index is -1.09. The second-order valence-electron chi connectivity index (χ2n) is 14.4. The summed E-state index contributed by atoms with van der Waals surface area (Å²) in [5.74, 6) is 1.65. The molecule has 1 aromatic heterocycles. The van der Waals surface area contributed by atoms with Gasteiger partial charge in [-0.25, -0.2) is 4.79 Å². The number of fused-ring (bicyclic) bond motifs is 3. The van der Waals surface area contributed by atoms with Crippen LogP contribution in [0.25, 0.3) is 0 Å². The van der Waals surface area contributed by atoms with Crippen molar-refractivity contribution in [2.75, 3.05) is 18.5 Å². The minimum absolute atomic E-state index is 0.185. The van der Waals surface area contributed by atoms with Gasteiger partial charge in [0.15, 0.2) is 0 Å². The summed E-state index contributed by atoms with van der Waals surface area (Å²) in [5, 5.41) is 14.5. The summed E-state index contributed by atoms with van der Waals surface area (Å²) in [4.78, 5) is 28.8. The van der Waals surface area contributed by atoms with Gasteiger partial charge in [-0.2, -0.15) is 0 Å². The highest BCUT2D eigenvalue weighted by molar-refractivity contribution is 6.30. The molecule has 0 bridgehead atoms. The van der Waals surface area contributed by atoms with Gasteiger partial charge in [-0.15, -0.1) is 0 Å². The number of halogens is 1. The highest BCUT2D eigenvalue weighted by atomic mass is 35.5. The number of carboxylic acids is 1. The third kappa shape index (κ3) is 7.14. The number of ether oxygens (including phenoxy) is 2. The molecule has 1 saturated carbocycles. The van der Waals surface area contributed by atoms with Crippen molar-refractivity contribution in [2.45, 2.75) is 101 Å². The van der Waals surface area contributed by atoms with Crippen molar-refractivity contribution in [1.82, 2.24) is 4.98 Å². The van der Waals surface area contributed by atoms with Gasteiger partial charge in [0.05, 0.1) is 13.2 Å². The van der Waals surface area contributed by atoms with Crippen LogP contribution in [0.2, 0.25) is 5.02 Å². The van der Waals surface area contributed by atoms with Gasteiger partial charge < -0.3 is 25.6 Å². The van der Waals surface area contributed by atoms with Gasteiger partial charge in [-0.1, -0.05) is 37.6 Å². The molecule has 1 amide bonds. The SMILES string of the molecule is C[C@@H](COc1ccnc2c1[C@H](C)CCC2)C[C@H]1Cc2ccc(OCCCC(N)=O)cc2C12CCC(Nc1cccc(Cl)c1)(C(=O)O)CC2. The van der Waals surface area contributed by atoms with Crippen molar-refractivity contribution in [1.29, 1.82) is 0 Å². The first kappa shape index (κ1) is 34.1. The van der Waals surface area contributed by atoms with Crippen LogP contribution in [0.4, 0.5) is 5.69 Å². The van der Waals surface area contributed by atoms with Crippen LogP contribution in [0.15, 0.2) is 54.7 Å². The Morgan fingerprint density at radius 3 is 2.69 bits per heavy atom. The molecule has 8 nitrogen and oxygen atoms in total. The fourth-order valence-corrected chi connectivity index (χ4v) is 8.79. The lowest BCUT2D eigenvalue weighted by atomic mass is 9.59. The number of primary amides is 1. The number of nitrogens with two attached hydrogens (primary N) is 1. The van der Waals surface area contributed by atoms with Crippen LogP contribution in [0.5, 0.6) is 11.5 Å². The standard InChI is InChI=1S/C39H48ClN3O5/c1-25(24-48-34-13-18-42-33-9-3-6-26(2)36(33)34)20-28-21-27-11-12-31(47-19-5-10-35(41)44)23-32(27)38(28)14-16-39(17-15-38,37(45)46)43-30-8-4-7-29(40)22-30/h4,7-8,11-13,18,22-23,25-26,28,43H,3,5-6,9-10,14-17,19-21,24H2,1-2H3,(H2,41,44)(H,45,46)/t25-,26-,28+,38?,39?/m1/s1. The number of rotatable bonds is 13. The Bertz CT molecular complexity index is 1640. The molecule has 48 heavy (non-hydrogen) atoms. The van der Waals surface area contributed by atoms with E-state index in [1.54, 1.807) is 12.1 Å². The van der Waals surface area contributed by atoms with Gasteiger partial charge in [0, 0.05) is 34.6 Å². The first-order chi connectivity index (χ1) is 23.1. The van der Waals surface area contributed by atoms with E-state index in [9.17, 15) is 14.7 Å². The number of aryl methyl sites for hydroxylation is 1. The molecule has 0 aliphatic heterocycles. The van der Waals surface area contributed by atoms with Gasteiger partial charge in [0.1, 0.15) is 17.0 Å². The van der Waals surface area contributed by atoms with Crippen LogP contribution in [0.1, 0.15) is 99.9 Å². The number of amides is 1. The number of aliphatic carboxylic acids is 1. The second kappa shape index (κ2) is 14.4. The summed E-state index contributed by atoms with van der Waals surface area (Å²) < 4.78 is 12.6.